The van der Waals surface area contributed by atoms with Crippen LogP contribution in [0.5, 0.6) is 0 Å². The Morgan fingerprint density at radius 3 is 2.68 bits per heavy atom. The lowest BCUT2D eigenvalue weighted by Crippen LogP contribution is -2.75. The summed E-state index contributed by atoms with van der Waals surface area (Å²) < 4.78 is 13.3. The Labute approximate surface area is 128 Å². The molecule has 0 aromatic heterocycles. The molecule has 5 atom stereocenters. The number of halogens is 2. The van der Waals surface area contributed by atoms with Gasteiger partial charge in [0.15, 0.2) is 6.29 Å². The van der Waals surface area contributed by atoms with Gasteiger partial charge in [-0.1, -0.05) is 48.0 Å². The second kappa shape index (κ2) is 3.88. The molecule has 1 spiro atoms. The molecule has 0 aromatic carbocycles. The summed E-state index contributed by atoms with van der Waals surface area (Å²) in [5.74, 6) is 0. The molecule has 0 radical (unpaired) electrons. The third-order valence-corrected chi connectivity index (χ3v) is 7.31. The molecule has 2 aliphatic heterocycles. The quantitative estimate of drug-likeness (QED) is 0.518. The van der Waals surface area contributed by atoms with E-state index in [0.29, 0.717) is 0 Å². The molecule has 0 saturated carbocycles. The van der Waals surface area contributed by atoms with Crippen LogP contribution in [0, 0.1) is 10.8 Å². The van der Waals surface area contributed by atoms with Crippen LogP contribution < -0.4 is 0 Å². The van der Waals surface area contributed by atoms with Crippen LogP contribution in [0.4, 0.5) is 0 Å². The average Bonchev–Trinajstić information content (AvgIpc) is 2.61. The number of rotatable bonds is 1. The van der Waals surface area contributed by atoms with E-state index in [1.807, 2.05) is 6.92 Å². The minimum atomic E-state index is -0.371. The predicted octanol–water partition coefficient (Wildman–Crippen LogP) is 4.38. The molecule has 1 aliphatic carbocycles. The highest BCUT2D eigenvalue weighted by molar-refractivity contribution is 9.11. The highest BCUT2D eigenvalue weighted by Crippen LogP contribution is 2.73. The molecule has 106 valence electrons. The number of allylic oxidation sites excluding steroid dienone is 1. The van der Waals surface area contributed by atoms with E-state index in [1.54, 1.807) is 0 Å². The molecule has 19 heavy (non-hydrogen) atoms. The van der Waals surface area contributed by atoms with Gasteiger partial charge in [0.1, 0.15) is 0 Å². The van der Waals surface area contributed by atoms with Gasteiger partial charge in [-0.3, -0.25) is 0 Å². The highest BCUT2D eigenvalue weighted by Gasteiger charge is 2.78. The second-order valence-corrected chi connectivity index (χ2v) is 8.07. The van der Waals surface area contributed by atoms with Gasteiger partial charge < -0.3 is 9.47 Å². The molecule has 0 N–H and O–H groups in total. The van der Waals surface area contributed by atoms with Gasteiger partial charge in [-0.2, -0.15) is 0 Å². The maximum absolute atomic E-state index is 6.56. The van der Waals surface area contributed by atoms with Crippen LogP contribution in [0.15, 0.2) is 22.7 Å². The topological polar surface area (TPSA) is 18.5 Å². The largest absolute Gasteiger partial charge is 0.344 e. The standard InChI is InChI=1S/C15H20BrClO2/c1-8(2)9-7-15-12(18-9)19-14(15,5)11(17)6-10(16)13(15,3)4/h6,9,11-12H,1,7H2,2-5H3. The van der Waals surface area contributed by atoms with E-state index in [9.17, 15) is 0 Å². The fourth-order valence-electron chi connectivity index (χ4n) is 4.02. The SMILES string of the molecule is C=C(C)C1CC23C(O1)OC2(C)C(Cl)C=C(Br)C3(C)C. The van der Waals surface area contributed by atoms with E-state index in [0.717, 1.165) is 16.5 Å². The summed E-state index contributed by atoms with van der Waals surface area (Å²) in [4.78, 5) is 0. The minimum Gasteiger partial charge on any atom is -0.344 e. The van der Waals surface area contributed by atoms with Gasteiger partial charge in [0, 0.05) is 5.41 Å². The maximum Gasteiger partial charge on any atom is 0.168 e. The second-order valence-electron chi connectivity index (χ2n) is 6.74. The first-order valence-corrected chi connectivity index (χ1v) is 7.90. The van der Waals surface area contributed by atoms with Crippen molar-refractivity contribution in [1.29, 1.82) is 0 Å². The van der Waals surface area contributed by atoms with E-state index in [4.69, 9.17) is 21.1 Å². The molecular formula is C15H20BrClO2. The Balaban J connectivity index is 2.11. The third-order valence-electron chi connectivity index (χ3n) is 5.52. The number of alkyl halides is 1. The summed E-state index contributed by atoms with van der Waals surface area (Å²) in [6.45, 7) is 12.7. The first kappa shape index (κ1) is 14.1. The van der Waals surface area contributed by atoms with Gasteiger partial charge in [-0.05, 0) is 24.8 Å². The Morgan fingerprint density at radius 2 is 2.11 bits per heavy atom. The number of hydrogen-bond donors (Lipinski definition) is 0. The van der Waals surface area contributed by atoms with Crippen molar-refractivity contribution in [3.05, 3.63) is 22.7 Å². The Hall–Kier alpha value is 0.170. The fourth-order valence-corrected chi connectivity index (χ4v) is 5.16. The summed E-state index contributed by atoms with van der Waals surface area (Å²) in [6, 6.07) is 0. The monoisotopic (exact) mass is 346 g/mol. The fraction of sp³-hybridized carbons (Fsp3) is 0.733. The van der Waals surface area contributed by atoms with Crippen molar-refractivity contribution in [2.45, 2.75) is 57.5 Å². The van der Waals surface area contributed by atoms with Gasteiger partial charge in [-0.25, -0.2) is 0 Å². The lowest BCUT2D eigenvalue weighted by molar-refractivity contribution is -0.390. The van der Waals surface area contributed by atoms with Gasteiger partial charge in [0.2, 0.25) is 0 Å². The van der Waals surface area contributed by atoms with Crippen molar-refractivity contribution in [2.24, 2.45) is 10.8 Å². The van der Waals surface area contributed by atoms with Crippen LogP contribution in [0.2, 0.25) is 0 Å². The van der Waals surface area contributed by atoms with Gasteiger partial charge in [0.25, 0.3) is 0 Å². The lowest BCUT2D eigenvalue weighted by Gasteiger charge is -2.68. The summed E-state index contributed by atoms with van der Waals surface area (Å²) in [6.07, 6.45) is 2.87. The Bertz CT molecular complexity index is 487. The van der Waals surface area contributed by atoms with Crippen LogP contribution in [-0.4, -0.2) is 23.4 Å². The van der Waals surface area contributed by atoms with Crippen LogP contribution in [-0.2, 0) is 9.47 Å². The average molecular weight is 348 g/mol. The molecular weight excluding hydrogens is 328 g/mol. The number of ether oxygens (including phenoxy) is 2. The lowest BCUT2D eigenvalue weighted by atomic mass is 9.49. The van der Waals surface area contributed by atoms with Crippen molar-refractivity contribution < 1.29 is 9.47 Å². The van der Waals surface area contributed by atoms with Crippen molar-refractivity contribution in [1.82, 2.24) is 0 Å². The zero-order valence-corrected chi connectivity index (χ0v) is 14.1. The molecule has 3 rings (SSSR count). The van der Waals surface area contributed by atoms with E-state index < -0.39 is 0 Å². The molecule has 0 aromatic rings. The first-order chi connectivity index (χ1) is 8.67. The molecule has 2 heterocycles. The van der Waals surface area contributed by atoms with Crippen molar-refractivity contribution in [2.75, 3.05) is 0 Å². The first-order valence-electron chi connectivity index (χ1n) is 6.67. The smallest absolute Gasteiger partial charge is 0.168 e. The van der Waals surface area contributed by atoms with Crippen LogP contribution in [0.3, 0.4) is 0 Å². The highest BCUT2D eigenvalue weighted by atomic mass is 79.9. The Kier molecular flexibility index (Phi) is 2.88. The molecule has 2 saturated heterocycles. The Morgan fingerprint density at radius 1 is 1.47 bits per heavy atom. The molecule has 0 amide bonds. The zero-order valence-electron chi connectivity index (χ0n) is 11.8. The van der Waals surface area contributed by atoms with E-state index in [-0.39, 0.29) is 34.2 Å². The van der Waals surface area contributed by atoms with E-state index >= 15 is 0 Å². The summed E-state index contributed by atoms with van der Waals surface area (Å²) in [5.41, 5.74) is 0.538. The summed E-state index contributed by atoms with van der Waals surface area (Å²) in [7, 11) is 0. The van der Waals surface area contributed by atoms with Crippen LogP contribution >= 0.6 is 27.5 Å². The minimum absolute atomic E-state index is 0.0553. The van der Waals surface area contributed by atoms with Crippen molar-refractivity contribution >= 4 is 27.5 Å². The molecule has 2 nitrogen and oxygen atoms in total. The summed E-state index contributed by atoms with van der Waals surface area (Å²) >= 11 is 10.3. The molecule has 2 fully saturated rings. The van der Waals surface area contributed by atoms with Gasteiger partial charge in [0.05, 0.1) is 22.5 Å². The van der Waals surface area contributed by atoms with Crippen LogP contribution in [0.1, 0.15) is 34.1 Å². The normalized spacial score (nSPS) is 50.8. The molecule has 3 aliphatic rings. The molecule has 5 unspecified atom stereocenters. The van der Waals surface area contributed by atoms with Gasteiger partial charge in [-0.15, -0.1) is 11.6 Å². The zero-order chi connectivity index (χ0) is 14.2. The number of hydrogen-bond acceptors (Lipinski definition) is 2. The maximum atomic E-state index is 6.56. The third kappa shape index (κ3) is 1.40. The molecule has 0 bridgehead atoms. The van der Waals surface area contributed by atoms with E-state index in [1.165, 1.54) is 0 Å². The molecule has 4 heteroatoms. The van der Waals surface area contributed by atoms with Crippen molar-refractivity contribution in [3.8, 4) is 0 Å². The van der Waals surface area contributed by atoms with E-state index in [2.05, 4.69) is 49.4 Å². The predicted molar refractivity (Wildman–Crippen MR) is 80.4 cm³/mol. The van der Waals surface area contributed by atoms with Gasteiger partial charge >= 0.3 is 0 Å². The summed E-state index contributed by atoms with van der Waals surface area (Å²) in [5, 5.41) is -0.140. The van der Waals surface area contributed by atoms with Crippen LogP contribution in [0.25, 0.3) is 0 Å². The van der Waals surface area contributed by atoms with Crippen molar-refractivity contribution in [3.63, 3.8) is 0 Å².